The topological polar surface area (TPSA) is 49.4 Å². The van der Waals surface area contributed by atoms with Crippen molar-refractivity contribution in [3.05, 3.63) is 35.4 Å². The zero-order chi connectivity index (χ0) is 18.9. The van der Waals surface area contributed by atoms with Crippen molar-refractivity contribution in [3.8, 4) is 0 Å². The molecule has 2 rings (SSSR count). The van der Waals surface area contributed by atoms with E-state index in [0.29, 0.717) is 12.1 Å². The third-order valence-electron chi connectivity index (χ3n) is 5.12. The molecule has 4 heteroatoms. The molecule has 1 aromatic carbocycles. The van der Waals surface area contributed by atoms with E-state index in [9.17, 15) is 9.59 Å². The maximum Gasteiger partial charge on any atom is 0.220 e. The lowest BCUT2D eigenvalue weighted by molar-refractivity contribution is -0.121. The minimum atomic E-state index is -0.0225. The molecular weight excluding hydrogens is 324 g/mol. The van der Waals surface area contributed by atoms with Gasteiger partial charge in [-0.05, 0) is 44.6 Å². The molecule has 0 aliphatic carbocycles. The molecule has 1 amide bonds. The quantitative estimate of drug-likeness (QED) is 0.539. The second-order valence-electron chi connectivity index (χ2n) is 8.05. The van der Waals surface area contributed by atoms with Crippen LogP contribution >= 0.6 is 0 Å². The summed E-state index contributed by atoms with van der Waals surface area (Å²) >= 11 is 0. The van der Waals surface area contributed by atoms with Gasteiger partial charge >= 0.3 is 0 Å². The van der Waals surface area contributed by atoms with Crippen LogP contribution in [0.15, 0.2) is 24.3 Å². The van der Waals surface area contributed by atoms with E-state index in [2.05, 4.69) is 24.1 Å². The molecule has 2 atom stereocenters. The number of Topliss-reactive ketones (excluding diaryl/α,β-unsaturated/α-hetero) is 1. The van der Waals surface area contributed by atoms with Crippen molar-refractivity contribution < 1.29 is 9.59 Å². The van der Waals surface area contributed by atoms with E-state index in [-0.39, 0.29) is 24.5 Å². The molecule has 0 radical (unpaired) electrons. The van der Waals surface area contributed by atoms with Crippen LogP contribution in [0, 0.1) is 18.8 Å². The third-order valence-corrected chi connectivity index (χ3v) is 5.12. The van der Waals surface area contributed by atoms with Gasteiger partial charge in [-0.1, -0.05) is 43.7 Å². The Bertz CT molecular complexity index is 572. The summed E-state index contributed by atoms with van der Waals surface area (Å²) in [5, 5.41) is 2.94. The molecule has 1 aliphatic heterocycles. The molecule has 0 aromatic heterocycles. The van der Waals surface area contributed by atoms with Gasteiger partial charge in [-0.25, -0.2) is 0 Å². The first kappa shape index (κ1) is 20.6. The van der Waals surface area contributed by atoms with Gasteiger partial charge in [0.25, 0.3) is 0 Å². The molecule has 1 N–H and O–H groups in total. The van der Waals surface area contributed by atoms with Crippen molar-refractivity contribution in [2.45, 2.75) is 52.9 Å². The Morgan fingerprint density at radius 2 is 1.69 bits per heavy atom. The fourth-order valence-electron chi connectivity index (χ4n) is 3.86. The summed E-state index contributed by atoms with van der Waals surface area (Å²) in [6.45, 7) is 10.9. The Hall–Kier alpha value is -1.68. The van der Waals surface area contributed by atoms with Crippen LogP contribution in [0.25, 0.3) is 0 Å². The van der Waals surface area contributed by atoms with Gasteiger partial charge in [-0.15, -0.1) is 0 Å². The van der Waals surface area contributed by atoms with E-state index in [4.69, 9.17) is 0 Å². The second-order valence-corrected chi connectivity index (χ2v) is 8.05. The van der Waals surface area contributed by atoms with Gasteiger partial charge in [0.05, 0.1) is 0 Å². The summed E-state index contributed by atoms with van der Waals surface area (Å²) in [7, 11) is 0. The molecule has 1 fully saturated rings. The summed E-state index contributed by atoms with van der Waals surface area (Å²) in [5.41, 5.74) is 1.82. The SMILES string of the molecule is Cc1ccc(C(=O)CCC(=O)NCCCCN2CC(C)CC(C)C2)cc1. The van der Waals surface area contributed by atoms with Gasteiger partial charge in [-0.2, -0.15) is 0 Å². The van der Waals surface area contributed by atoms with Gasteiger partial charge in [-0.3, -0.25) is 9.59 Å². The lowest BCUT2D eigenvalue weighted by Crippen LogP contribution is -2.39. The van der Waals surface area contributed by atoms with Gasteiger partial charge in [0.1, 0.15) is 0 Å². The number of hydrogen-bond acceptors (Lipinski definition) is 3. The maximum atomic E-state index is 12.1. The van der Waals surface area contributed by atoms with Crippen LogP contribution in [0.1, 0.15) is 61.9 Å². The van der Waals surface area contributed by atoms with E-state index in [1.807, 2.05) is 31.2 Å². The lowest BCUT2D eigenvalue weighted by Gasteiger charge is -2.34. The minimum absolute atomic E-state index is 0.0225. The fraction of sp³-hybridized carbons (Fsp3) is 0.636. The normalized spacial score (nSPS) is 20.7. The lowest BCUT2D eigenvalue weighted by atomic mass is 9.92. The number of carbonyl (C=O) groups excluding carboxylic acids is 2. The van der Waals surface area contributed by atoms with Crippen LogP contribution in [-0.2, 0) is 4.79 Å². The van der Waals surface area contributed by atoms with E-state index in [1.165, 1.54) is 19.5 Å². The average molecular weight is 359 g/mol. The number of amides is 1. The van der Waals surface area contributed by atoms with E-state index in [1.54, 1.807) is 0 Å². The Kier molecular flexibility index (Phi) is 8.30. The minimum Gasteiger partial charge on any atom is -0.356 e. The molecular formula is C22H34N2O2. The van der Waals surface area contributed by atoms with Crippen molar-refractivity contribution >= 4 is 11.7 Å². The first-order valence-corrected chi connectivity index (χ1v) is 10.0. The van der Waals surface area contributed by atoms with E-state index < -0.39 is 0 Å². The van der Waals surface area contributed by atoms with Crippen molar-refractivity contribution in [2.24, 2.45) is 11.8 Å². The zero-order valence-corrected chi connectivity index (χ0v) is 16.6. The Morgan fingerprint density at radius 1 is 1.04 bits per heavy atom. The number of unbranched alkanes of at least 4 members (excludes halogenated alkanes) is 1. The average Bonchev–Trinajstić information content (AvgIpc) is 2.59. The number of aryl methyl sites for hydroxylation is 1. The highest BCUT2D eigenvalue weighted by Crippen LogP contribution is 2.20. The van der Waals surface area contributed by atoms with Gasteiger partial charge in [0.15, 0.2) is 5.78 Å². The number of nitrogens with zero attached hydrogens (tertiary/aromatic N) is 1. The van der Waals surface area contributed by atoms with Crippen LogP contribution in [0.2, 0.25) is 0 Å². The molecule has 1 saturated heterocycles. The molecule has 4 nitrogen and oxygen atoms in total. The van der Waals surface area contributed by atoms with Crippen molar-refractivity contribution in [2.75, 3.05) is 26.2 Å². The monoisotopic (exact) mass is 358 g/mol. The number of rotatable bonds is 9. The van der Waals surface area contributed by atoms with E-state index in [0.717, 1.165) is 36.8 Å². The number of benzene rings is 1. The van der Waals surface area contributed by atoms with Crippen molar-refractivity contribution in [1.82, 2.24) is 10.2 Å². The highest BCUT2D eigenvalue weighted by Gasteiger charge is 2.20. The molecule has 26 heavy (non-hydrogen) atoms. The van der Waals surface area contributed by atoms with Crippen molar-refractivity contribution in [1.29, 1.82) is 0 Å². The standard InChI is InChI=1S/C22H34N2O2/c1-17-6-8-20(9-7-17)21(25)10-11-22(26)23-12-4-5-13-24-15-18(2)14-19(3)16-24/h6-9,18-19H,4-5,10-16H2,1-3H3,(H,23,26). The molecule has 2 unspecified atom stereocenters. The van der Waals surface area contributed by atoms with Gasteiger partial charge < -0.3 is 10.2 Å². The maximum absolute atomic E-state index is 12.1. The number of carbonyl (C=O) groups is 2. The third kappa shape index (κ3) is 7.28. The number of likely N-dealkylation sites (tertiary alicyclic amines) is 1. The summed E-state index contributed by atoms with van der Waals surface area (Å²) in [4.78, 5) is 26.5. The summed E-state index contributed by atoms with van der Waals surface area (Å²) < 4.78 is 0. The zero-order valence-electron chi connectivity index (χ0n) is 16.6. The van der Waals surface area contributed by atoms with Gasteiger partial charge in [0, 0.05) is 38.0 Å². The molecule has 144 valence electrons. The second kappa shape index (κ2) is 10.5. The highest BCUT2D eigenvalue weighted by atomic mass is 16.2. The molecule has 1 aromatic rings. The Labute approximate surface area is 158 Å². The molecule has 0 bridgehead atoms. The summed E-state index contributed by atoms with van der Waals surface area (Å²) in [6.07, 6.45) is 4.00. The van der Waals surface area contributed by atoms with Crippen LogP contribution in [-0.4, -0.2) is 42.8 Å². The smallest absolute Gasteiger partial charge is 0.220 e. The summed E-state index contributed by atoms with van der Waals surface area (Å²) in [6, 6.07) is 7.52. The first-order valence-electron chi connectivity index (χ1n) is 10.0. The predicted molar refractivity (Wildman–Crippen MR) is 106 cm³/mol. The van der Waals surface area contributed by atoms with Crippen LogP contribution in [0.5, 0.6) is 0 Å². The van der Waals surface area contributed by atoms with Crippen molar-refractivity contribution in [3.63, 3.8) is 0 Å². The fourth-order valence-corrected chi connectivity index (χ4v) is 3.86. The summed E-state index contributed by atoms with van der Waals surface area (Å²) in [5.74, 6) is 1.60. The molecule has 0 saturated carbocycles. The van der Waals surface area contributed by atoms with Crippen LogP contribution in [0.4, 0.5) is 0 Å². The number of hydrogen-bond donors (Lipinski definition) is 1. The van der Waals surface area contributed by atoms with Crippen LogP contribution < -0.4 is 5.32 Å². The Balaban J connectivity index is 1.55. The van der Waals surface area contributed by atoms with E-state index >= 15 is 0 Å². The predicted octanol–water partition coefficient (Wildman–Crippen LogP) is 3.83. The molecule has 1 aliphatic rings. The van der Waals surface area contributed by atoms with Gasteiger partial charge in [0.2, 0.25) is 5.91 Å². The highest BCUT2D eigenvalue weighted by molar-refractivity contribution is 5.97. The van der Waals surface area contributed by atoms with Crippen LogP contribution in [0.3, 0.4) is 0 Å². The molecule has 1 heterocycles. The number of ketones is 1. The first-order chi connectivity index (χ1) is 12.4. The number of piperidine rings is 1. The number of nitrogens with one attached hydrogen (secondary N) is 1. The molecule has 0 spiro atoms. The largest absolute Gasteiger partial charge is 0.356 e. The Morgan fingerprint density at radius 3 is 2.35 bits per heavy atom.